The molecule has 4 rings (SSSR count). The molecule has 2 heterocycles. The van der Waals surface area contributed by atoms with Crippen LogP contribution in [0.25, 0.3) is 11.3 Å². The topological polar surface area (TPSA) is 95.2 Å². The molecular weight excluding hydrogens is 416 g/mol. The summed E-state index contributed by atoms with van der Waals surface area (Å²) in [7, 11) is 3.43. The highest BCUT2D eigenvalue weighted by Gasteiger charge is 2.43. The van der Waals surface area contributed by atoms with Gasteiger partial charge in [-0.25, -0.2) is 4.98 Å². The van der Waals surface area contributed by atoms with Crippen molar-refractivity contribution < 1.29 is 14.4 Å². The molecular formula is C26H28N4O3. The third-order valence-corrected chi connectivity index (χ3v) is 6.08. The predicted molar refractivity (Wildman–Crippen MR) is 127 cm³/mol. The van der Waals surface area contributed by atoms with Crippen molar-refractivity contribution in [1.29, 1.82) is 0 Å². The minimum Gasteiger partial charge on any atom is -0.358 e. The molecule has 3 aromatic rings. The number of ketones is 1. The molecule has 170 valence electrons. The van der Waals surface area contributed by atoms with Gasteiger partial charge in [-0.15, -0.1) is 0 Å². The van der Waals surface area contributed by atoms with Crippen LogP contribution in [0.2, 0.25) is 0 Å². The van der Waals surface area contributed by atoms with Crippen LogP contribution in [0.5, 0.6) is 0 Å². The van der Waals surface area contributed by atoms with Gasteiger partial charge in [0.15, 0.2) is 5.78 Å². The number of Topliss-reactive ketones (excluding diaryl/α,β-unsaturated/α-hetero) is 1. The zero-order valence-electron chi connectivity index (χ0n) is 19.4. The summed E-state index contributed by atoms with van der Waals surface area (Å²) in [6.45, 7) is 3.29. The van der Waals surface area contributed by atoms with E-state index in [1.807, 2.05) is 43.3 Å². The number of fused-ring (bicyclic) bond motifs is 1. The first-order chi connectivity index (χ1) is 15.7. The Balaban J connectivity index is 1.85. The Bertz CT molecular complexity index is 1230. The molecule has 0 bridgehead atoms. The molecule has 0 saturated carbocycles. The Hall–Kier alpha value is -3.74. The van der Waals surface area contributed by atoms with Gasteiger partial charge in [0.2, 0.25) is 11.8 Å². The largest absolute Gasteiger partial charge is 0.358 e. The zero-order valence-corrected chi connectivity index (χ0v) is 19.4. The molecule has 1 aliphatic rings. The molecule has 7 heteroatoms. The lowest BCUT2D eigenvalue weighted by molar-refractivity contribution is -0.138. The number of hydrogen-bond donors (Lipinski definition) is 2. The van der Waals surface area contributed by atoms with Crippen LogP contribution in [0.15, 0.2) is 48.7 Å². The molecule has 2 aromatic heterocycles. The number of aromatic nitrogens is 2. The van der Waals surface area contributed by atoms with Gasteiger partial charge in [-0.05, 0) is 30.2 Å². The summed E-state index contributed by atoms with van der Waals surface area (Å²) >= 11 is 0. The summed E-state index contributed by atoms with van der Waals surface area (Å²) in [5.74, 6) is 0.151. The number of amides is 2. The van der Waals surface area contributed by atoms with Gasteiger partial charge >= 0.3 is 0 Å². The number of hydrogen-bond acceptors (Lipinski definition) is 4. The van der Waals surface area contributed by atoms with Crippen molar-refractivity contribution in [3.8, 4) is 11.3 Å². The van der Waals surface area contributed by atoms with Crippen LogP contribution in [0.4, 0.5) is 5.82 Å². The SMILES string of the molecule is CC(=O)Nc1cc(-c2[nH]c3c(c2Cc2ccccc2)C(=O)CC(C)(C(=O)N(C)C)C3)ccn1. The van der Waals surface area contributed by atoms with Gasteiger partial charge in [-0.1, -0.05) is 30.3 Å². The Morgan fingerprint density at radius 1 is 1.15 bits per heavy atom. The highest BCUT2D eigenvalue weighted by atomic mass is 16.2. The fourth-order valence-corrected chi connectivity index (χ4v) is 4.71. The van der Waals surface area contributed by atoms with Crippen molar-refractivity contribution in [3.05, 3.63) is 71.0 Å². The first-order valence-electron chi connectivity index (χ1n) is 10.9. The van der Waals surface area contributed by atoms with E-state index < -0.39 is 5.41 Å². The molecule has 0 fully saturated rings. The molecule has 33 heavy (non-hydrogen) atoms. The van der Waals surface area contributed by atoms with Gasteiger partial charge in [-0.2, -0.15) is 0 Å². The fourth-order valence-electron chi connectivity index (χ4n) is 4.71. The smallest absolute Gasteiger partial charge is 0.228 e. The van der Waals surface area contributed by atoms with Gasteiger partial charge in [0.25, 0.3) is 0 Å². The summed E-state index contributed by atoms with van der Waals surface area (Å²) in [6.07, 6.45) is 2.83. The standard InChI is InChI=1S/C26H28N4O3/c1-16(31)28-22-13-18(10-11-27-22)24-19(12-17-8-6-5-7-9-17)23-20(29-24)14-26(2,15-21(23)32)25(33)30(3)4/h5-11,13,29H,12,14-15H2,1-4H3,(H,27,28,31). The fraction of sp³-hybridized carbons (Fsp3) is 0.308. The monoisotopic (exact) mass is 444 g/mol. The first kappa shape index (κ1) is 22.5. The van der Waals surface area contributed by atoms with E-state index in [2.05, 4.69) is 15.3 Å². The normalized spacial score (nSPS) is 17.4. The van der Waals surface area contributed by atoms with E-state index in [4.69, 9.17) is 0 Å². The van der Waals surface area contributed by atoms with Gasteiger partial charge < -0.3 is 15.2 Å². The highest BCUT2D eigenvalue weighted by Crippen LogP contribution is 2.41. The molecule has 0 radical (unpaired) electrons. The van der Waals surface area contributed by atoms with Crippen molar-refractivity contribution in [2.24, 2.45) is 5.41 Å². The number of nitrogens with zero attached hydrogens (tertiary/aromatic N) is 2. The van der Waals surface area contributed by atoms with E-state index in [1.54, 1.807) is 31.3 Å². The molecule has 1 atom stereocenters. The lowest BCUT2D eigenvalue weighted by atomic mass is 9.72. The lowest BCUT2D eigenvalue weighted by Crippen LogP contribution is -2.43. The van der Waals surface area contributed by atoms with Crippen molar-refractivity contribution >= 4 is 23.4 Å². The summed E-state index contributed by atoms with van der Waals surface area (Å²) in [5.41, 5.74) is 4.29. The maximum atomic E-state index is 13.4. The predicted octanol–water partition coefficient (Wildman–Crippen LogP) is 3.85. The van der Waals surface area contributed by atoms with Crippen LogP contribution in [0, 0.1) is 5.41 Å². The summed E-state index contributed by atoms with van der Waals surface area (Å²) < 4.78 is 0. The summed E-state index contributed by atoms with van der Waals surface area (Å²) in [5, 5.41) is 2.71. The average Bonchev–Trinajstić information content (AvgIpc) is 3.11. The number of carbonyl (C=O) groups excluding carboxylic acids is 3. The van der Waals surface area contributed by atoms with E-state index in [-0.39, 0.29) is 24.0 Å². The zero-order chi connectivity index (χ0) is 23.8. The quantitative estimate of drug-likeness (QED) is 0.625. The molecule has 0 aliphatic heterocycles. The molecule has 1 aliphatic carbocycles. The van der Waals surface area contributed by atoms with Crippen LogP contribution < -0.4 is 5.32 Å². The van der Waals surface area contributed by atoms with Crippen molar-refractivity contribution in [1.82, 2.24) is 14.9 Å². The third kappa shape index (κ3) is 4.44. The Morgan fingerprint density at radius 2 is 1.88 bits per heavy atom. The van der Waals surface area contributed by atoms with Crippen molar-refractivity contribution in [2.75, 3.05) is 19.4 Å². The second-order valence-electron chi connectivity index (χ2n) is 9.14. The molecule has 1 unspecified atom stereocenters. The Labute approximate surface area is 193 Å². The second kappa shape index (κ2) is 8.65. The van der Waals surface area contributed by atoms with Crippen molar-refractivity contribution in [3.63, 3.8) is 0 Å². The Kier molecular flexibility index (Phi) is 5.89. The lowest BCUT2D eigenvalue weighted by Gasteiger charge is -2.33. The van der Waals surface area contributed by atoms with E-state index in [0.717, 1.165) is 28.1 Å². The second-order valence-corrected chi connectivity index (χ2v) is 9.14. The number of carbonyl (C=O) groups is 3. The first-order valence-corrected chi connectivity index (χ1v) is 10.9. The number of anilines is 1. The van der Waals surface area contributed by atoms with E-state index in [1.165, 1.54) is 6.92 Å². The number of H-pyrrole nitrogens is 1. The van der Waals surface area contributed by atoms with Crippen LogP contribution in [-0.4, -0.2) is 46.6 Å². The van der Waals surface area contributed by atoms with E-state index in [9.17, 15) is 14.4 Å². The maximum absolute atomic E-state index is 13.4. The minimum atomic E-state index is -0.792. The van der Waals surface area contributed by atoms with Gasteiger partial charge in [-0.3, -0.25) is 14.4 Å². The number of pyridine rings is 1. The third-order valence-electron chi connectivity index (χ3n) is 6.08. The van der Waals surface area contributed by atoms with Gasteiger partial charge in [0.05, 0.1) is 11.1 Å². The van der Waals surface area contributed by atoms with Crippen molar-refractivity contribution in [2.45, 2.75) is 33.1 Å². The van der Waals surface area contributed by atoms with Crippen LogP contribution in [0.1, 0.15) is 47.4 Å². The van der Waals surface area contributed by atoms with Gasteiger partial charge in [0, 0.05) is 63.3 Å². The maximum Gasteiger partial charge on any atom is 0.228 e. The van der Waals surface area contributed by atoms with Gasteiger partial charge in [0.1, 0.15) is 5.82 Å². The van der Waals surface area contributed by atoms with Crippen LogP contribution in [-0.2, 0) is 22.4 Å². The summed E-state index contributed by atoms with van der Waals surface area (Å²) in [6, 6.07) is 13.6. The molecule has 1 aromatic carbocycles. The molecule has 2 N–H and O–H groups in total. The van der Waals surface area contributed by atoms with Crippen LogP contribution in [0.3, 0.4) is 0 Å². The number of benzene rings is 1. The molecule has 0 spiro atoms. The molecule has 7 nitrogen and oxygen atoms in total. The number of aromatic amines is 1. The Morgan fingerprint density at radius 3 is 2.55 bits per heavy atom. The van der Waals surface area contributed by atoms with E-state index >= 15 is 0 Å². The highest BCUT2D eigenvalue weighted by molar-refractivity contribution is 6.05. The molecule has 0 saturated heterocycles. The van der Waals surface area contributed by atoms with E-state index in [0.29, 0.717) is 24.2 Å². The molecule has 2 amide bonds. The minimum absolute atomic E-state index is 0.0291. The number of nitrogens with one attached hydrogen (secondary N) is 2. The van der Waals surface area contributed by atoms with Crippen LogP contribution >= 0.6 is 0 Å². The number of rotatable bonds is 5. The summed E-state index contributed by atoms with van der Waals surface area (Å²) in [4.78, 5) is 47.1. The average molecular weight is 445 g/mol.